The zero-order valence-electron chi connectivity index (χ0n) is 5.34. The second-order valence-corrected chi connectivity index (χ2v) is 2.47. The van der Waals surface area contributed by atoms with Crippen molar-refractivity contribution in [2.24, 2.45) is 0 Å². The second-order valence-electron chi connectivity index (χ2n) is 2.08. The van der Waals surface area contributed by atoms with Gasteiger partial charge in [-0.1, -0.05) is 0 Å². The van der Waals surface area contributed by atoms with Crippen molar-refractivity contribution in [1.29, 1.82) is 0 Å². The lowest BCUT2D eigenvalue weighted by atomic mass is 10.3. The molecular weight excluding hydrogens is 136 g/mol. The Balaban J connectivity index is 2.77. The number of nitrogens with zero attached hydrogens (tertiary/aromatic N) is 1. The molecule has 1 N–H and O–H groups in total. The Morgan fingerprint density at radius 3 is 2.44 bits per heavy atom. The van der Waals surface area contributed by atoms with Crippen LogP contribution in [0.1, 0.15) is 6.92 Å². The maximum atomic E-state index is 10.8. The highest BCUT2D eigenvalue weighted by Gasteiger charge is 2.28. The van der Waals surface area contributed by atoms with Crippen LogP contribution < -0.4 is 5.32 Å². The lowest BCUT2D eigenvalue weighted by Gasteiger charge is -2.11. The normalized spacial score (nSPS) is 26.9. The Bertz CT molecular complexity index is 150. The molecular formula is C5H8N2OS. The van der Waals surface area contributed by atoms with Crippen molar-refractivity contribution in [2.75, 3.05) is 7.05 Å². The molecule has 1 heterocycles. The molecule has 1 aliphatic rings. The summed E-state index contributed by atoms with van der Waals surface area (Å²) >= 11 is 4.79. The van der Waals surface area contributed by atoms with E-state index in [-0.39, 0.29) is 11.9 Å². The fourth-order valence-electron chi connectivity index (χ4n) is 0.650. The summed E-state index contributed by atoms with van der Waals surface area (Å²) < 4.78 is 0. The number of carbonyl (C=O) groups is 1. The average molecular weight is 144 g/mol. The first-order chi connectivity index (χ1) is 4.13. The molecule has 0 spiro atoms. The number of amides is 1. The number of rotatable bonds is 0. The van der Waals surface area contributed by atoms with Gasteiger partial charge in [-0.25, -0.2) is 0 Å². The Morgan fingerprint density at radius 2 is 2.33 bits per heavy atom. The first kappa shape index (κ1) is 6.48. The summed E-state index contributed by atoms with van der Waals surface area (Å²) in [5.41, 5.74) is 0. The van der Waals surface area contributed by atoms with Gasteiger partial charge < -0.3 is 10.2 Å². The predicted octanol–water partition coefficient (Wildman–Crippen LogP) is -0.279. The van der Waals surface area contributed by atoms with Gasteiger partial charge in [0.05, 0.1) is 0 Å². The third-order valence-electron chi connectivity index (χ3n) is 1.51. The lowest BCUT2D eigenvalue weighted by molar-refractivity contribution is -0.120. The number of thiocarbonyl (C=S) groups is 1. The Morgan fingerprint density at radius 1 is 1.78 bits per heavy atom. The topological polar surface area (TPSA) is 32.3 Å². The molecule has 0 aromatic carbocycles. The minimum Gasteiger partial charge on any atom is -0.340 e. The SMILES string of the molecule is CC1C(=O)NC(=S)N1C. The van der Waals surface area contributed by atoms with Crippen LogP contribution in [-0.2, 0) is 4.79 Å². The highest BCUT2D eigenvalue weighted by molar-refractivity contribution is 7.80. The summed E-state index contributed by atoms with van der Waals surface area (Å²) in [6, 6.07) is -0.0995. The molecule has 0 radical (unpaired) electrons. The quantitative estimate of drug-likeness (QED) is 0.475. The first-order valence-electron chi connectivity index (χ1n) is 2.70. The van der Waals surface area contributed by atoms with Crippen LogP contribution in [0.2, 0.25) is 0 Å². The van der Waals surface area contributed by atoms with Gasteiger partial charge in [-0.2, -0.15) is 0 Å². The summed E-state index contributed by atoms with van der Waals surface area (Å²) in [6.07, 6.45) is 0. The van der Waals surface area contributed by atoms with Crippen molar-refractivity contribution >= 4 is 23.2 Å². The van der Waals surface area contributed by atoms with E-state index in [2.05, 4.69) is 5.32 Å². The van der Waals surface area contributed by atoms with Crippen LogP contribution in [-0.4, -0.2) is 29.0 Å². The average Bonchev–Trinajstić information content (AvgIpc) is 1.98. The zero-order valence-corrected chi connectivity index (χ0v) is 6.16. The highest BCUT2D eigenvalue weighted by atomic mass is 32.1. The molecule has 1 unspecified atom stereocenters. The van der Waals surface area contributed by atoms with Crippen molar-refractivity contribution in [2.45, 2.75) is 13.0 Å². The molecule has 50 valence electrons. The summed E-state index contributed by atoms with van der Waals surface area (Å²) in [6.45, 7) is 1.81. The standard InChI is InChI=1S/C5H8N2OS/c1-3-4(8)6-5(9)7(3)2/h3H,1-2H3,(H,6,8,9). The molecule has 1 fully saturated rings. The van der Waals surface area contributed by atoms with Crippen molar-refractivity contribution in [1.82, 2.24) is 10.2 Å². The van der Waals surface area contributed by atoms with Gasteiger partial charge in [0.25, 0.3) is 0 Å². The van der Waals surface area contributed by atoms with Gasteiger partial charge in [-0.05, 0) is 19.1 Å². The van der Waals surface area contributed by atoms with Crippen LogP contribution >= 0.6 is 12.2 Å². The fraction of sp³-hybridized carbons (Fsp3) is 0.600. The summed E-state index contributed by atoms with van der Waals surface area (Å²) in [5, 5.41) is 3.06. The molecule has 1 rings (SSSR count). The molecule has 0 aliphatic carbocycles. The van der Waals surface area contributed by atoms with Crippen LogP contribution in [0.5, 0.6) is 0 Å². The van der Waals surface area contributed by atoms with Gasteiger partial charge in [0.1, 0.15) is 6.04 Å². The van der Waals surface area contributed by atoms with E-state index in [4.69, 9.17) is 12.2 Å². The van der Waals surface area contributed by atoms with E-state index in [9.17, 15) is 4.79 Å². The van der Waals surface area contributed by atoms with E-state index in [1.165, 1.54) is 0 Å². The molecule has 1 aliphatic heterocycles. The van der Waals surface area contributed by atoms with Crippen molar-refractivity contribution in [3.8, 4) is 0 Å². The maximum Gasteiger partial charge on any atom is 0.248 e. The minimum atomic E-state index is -0.0995. The number of nitrogens with one attached hydrogen (secondary N) is 1. The third-order valence-corrected chi connectivity index (χ3v) is 1.90. The molecule has 1 amide bonds. The van der Waals surface area contributed by atoms with Gasteiger partial charge in [0, 0.05) is 7.05 Å². The van der Waals surface area contributed by atoms with Gasteiger partial charge in [-0.3, -0.25) is 4.79 Å². The molecule has 1 saturated heterocycles. The summed E-state index contributed by atoms with van der Waals surface area (Å²) in [7, 11) is 1.80. The van der Waals surface area contributed by atoms with E-state index in [1.807, 2.05) is 6.92 Å². The van der Waals surface area contributed by atoms with E-state index >= 15 is 0 Å². The summed E-state index contributed by atoms with van der Waals surface area (Å²) in [5.74, 6) is -0.0116. The number of hydrogen-bond donors (Lipinski definition) is 1. The lowest BCUT2D eigenvalue weighted by Crippen LogP contribution is -2.27. The highest BCUT2D eigenvalue weighted by Crippen LogP contribution is 2.03. The minimum absolute atomic E-state index is 0.0116. The fourth-order valence-corrected chi connectivity index (χ4v) is 0.908. The molecule has 0 aromatic heterocycles. The van der Waals surface area contributed by atoms with Gasteiger partial charge in [-0.15, -0.1) is 0 Å². The number of hydrogen-bond acceptors (Lipinski definition) is 2. The predicted molar refractivity (Wildman–Crippen MR) is 38.0 cm³/mol. The maximum absolute atomic E-state index is 10.8. The number of carbonyl (C=O) groups excluding carboxylic acids is 1. The largest absolute Gasteiger partial charge is 0.340 e. The molecule has 0 saturated carbocycles. The molecule has 4 heteroatoms. The first-order valence-corrected chi connectivity index (χ1v) is 3.11. The smallest absolute Gasteiger partial charge is 0.248 e. The molecule has 9 heavy (non-hydrogen) atoms. The van der Waals surface area contributed by atoms with Gasteiger partial charge in [0.15, 0.2) is 5.11 Å². The molecule has 0 bridgehead atoms. The van der Waals surface area contributed by atoms with E-state index < -0.39 is 0 Å². The third kappa shape index (κ3) is 0.896. The van der Waals surface area contributed by atoms with E-state index in [0.29, 0.717) is 5.11 Å². The molecule has 0 aromatic rings. The van der Waals surface area contributed by atoms with Crippen molar-refractivity contribution in [3.63, 3.8) is 0 Å². The van der Waals surface area contributed by atoms with Gasteiger partial charge in [0.2, 0.25) is 5.91 Å². The monoisotopic (exact) mass is 144 g/mol. The van der Waals surface area contributed by atoms with Crippen molar-refractivity contribution in [3.05, 3.63) is 0 Å². The van der Waals surface area contributed by atoms with E-state index in [1.54, 1.807) is 11.9 Å². The van der Waals surface area contributed by atoms with E-state index in [0.717, 1.165) is 0 Å². The van der Waals surface area contributed by atoms with Crippen molar-refractivity contribution < 1.29 is 4.79 Å². The second kappa shape index (κ2) is 1.95. The summed E-state index contributed by atoms with van der Waals surface area (Å²) in [4.78, 5) is 12.5. The van der Waals surface area contributed by atoms with Crippen LogP contribution in [0.3, 0.4) is 0 Å². The van der Waals surface area contributed by atoms with Crippen LogP contribution in [0.25, 0.3) is 0 Å². The Kier molecular flexibility index (Phi) is 1.40. The molecule has 1 atom stereocenters. The zero-order chi connectivity index (χ0) is 7.02. The van der Waals surface area contributed by atoms with Crippen LogP contribution in [0, 0.1) is 0 Å². The molecule has 3 nitrogen and oxygen atoms in total. The van der Waals surface area contributed by atoms with Gasteiger partial charge >= 0.3 is 0 Å². The Hall–Kier alpha value is -0.640. The Labute approximate surface area is 59.0 Å². The number of likely N-dealkylation sites (N-methyl/N-ethyl adjacent to an activating group) is 1. The van der Waals surface area contributed by atoms with Crippen LogP contribution in [0.15, 0.2) is 0 Å². The van der Waals surface area contributed by atoms with Crippen LogP contribution in [0.4, 0.5) is 0 Å².